The van der Waals surface area contributed by atoms with Gasteiger partial charge in [-0.1, -0.05) is 30.0 Å². The van der Waals surface area contributed by atoms with E-state index in [-0.39, 0.29) is 17.3 Å². The van der Waals surface area contributed by atoms with E-state index < -0.39 is 5.82 Å². The molecule has 3 aromatic rings. The number of rotatable bonds is 5. The molecule has 1 aromatic heterocycles. The summed E-state index contributed by atoms with van der Waals surface area (Å²) in [7, 11) is 0. The van der Waals surface area contributed by atoms with Gasteiger partial charge in [0, 0.05) is 0 Å². The molecule has 0 fully saturated rings. The molecule has 0 aliphatic carbocycles. The molecule has 0 spiro atoms. The van der Waals surface area contributed by atoms with Crippen LogP contribution in [0.2, 0.25) is 0 Å². The lowest BCUT2D eigenvalue weighted by Crippen LogP contribution is -2.15. The van der Waals surface area contributed by atoms with Crippen LogP contribution in [0, 0.1) is 33.5 Å². The van der Waals surface area contributed by atoms with Crippen LogP contribution < -0.4 is 5.32 Å². The Kier molecular flexibility index (Phi) is 5.60. The molecule has 0 unspecified atom stereocenters. The zero-order chi connectivity index (χ0) is 19.6. The van der Waals surface area contributed by atoms with Gasteiger partial charge in [-0.05, 0) is 62.6 Å². The van der Waals surface area contributed by atoms with Gasteiger partial charge in [-0.3, -0.25) is 9.36 Å². The summed E-state index contributed by atoms with van der Waals surface area (Å²) in [5.41, 5.74) is 4.28. The van der Waals surface area contributed by atoms with E-state index in [1.807, 2.05) is 38.3 Å². The van der Waals surface area contributed by atoms with E-state index in [2.05, 4.69) is 27.6 Å². The average molecular weight is 384 g/mol. The summed E-state index contributed by atoms with van der Waals surface area (Å²) in [5.74, 6) is 0.110. The fourth-order valence-corrected chi connectivity index (χ4v) is 3.52. The highest BCUT2D eigenvalue weighted by Gasteiger charge is 2.15. The molecule has 5 nitrogen and oxygen atoms in total. The second-order valence-corrected chi connectivity index (χ2v) is 7.42. The lowest BCUT2D eigenvalue weighted by Gasteiger charge is -2.12. The molecular formula is C20H21FN4OS. The van der Waals surface area contributed by atoms with Gasteiger partial charge in [-0.25, -0.2) is 4.39 Å². The molecule has 1 N–H and O–H groups in total. The van der Waals surface area contributed by atoms with Gasteiger partial charge in [-0.15, -0.1) is 10.2 Å². The number of anilines is 1. The number of aryl methyl sites for hydroxylation is 4. The molecule has 140 valence electrons. The maximum Gasteiger partial charge on any atom is 0.234 e. The SMILES string of the molecule is Cc1ccc(F)c(NC(=O)CSc2nnc(C)n2-c2cc(C)ccc2C)c1. The number of thioether (sulfide) groups is 1. The number of carbonyl (C=O) groups excluding carboxylic acids is 1. The maximum absolute atomic E-state index is 13.8. The van der Waals surface area contributed by atoms with E-state index >= 15 is 0 Å². The van der Waals surface area contributed by atoms with Gasteiger partial charge >= 0.3 is 0 Å². The van der Waals surface area contributed by atoms with Crippen LogP contribution in [-0.2, 0) is 4.79 Å². The van der Waals surface area contributed by atoms with Gasteiger partial charge in [-0.2, -0.15) is 0 Å². The number of halogens is 1. The first-order chi connectivity index (χ1) is 12.8. The molecule has 27 heavy (non-hydrogen) atoms. The third-order valence-corrected chi connectivity index (χ3v) is 5.06. The number of hydrogen-bond acceptors (Lipinski definition) is 4. The quantitative estimate of drug-likeness (QED) is 0.664. The first-order valence-electron chi connectivity index (χ1n) is 8.53. The van der Waals surface area contributed by atoms with Crippen molar-refractivity contribution in [1.29, 1.82) is 0 Å². The first-order valence-corrected chi connectivity index (χ1v) is 9.52. The largest absolute Gasteiger partial charge is 0.323 e. The zero-order valence-electron chi connectivity index (χ0n) is 15.7. The summed E-state index contributed by atoms with van der Waals surface area (Å²) in [6.45, 7) is 7.77. The number of carbonyl (C=O) groups is 1. The highest BCUT2D eigenvalue weighted by atomic mass is 32.2. The molecule has 0 aliphatic heterocycles. The normalized spacial score (nSPS) is 10.9. The molecular weight excluding hydrogens is 363 g/mol. The number of aromatic nitrogens is 3. The highest BCUT2D eigenvalue weighted by molar-refractivity contribution is 7.99. The van der Waals surface area contributed by atoms with Gasteiger partial charge in [0.15, 0.2) is 5.16 Å². The summed E-state index contributed by atoms with van der Waals surface area (Å²) in [5, 5.41) is 11.6. The van der Waals surface area contributed by atoms with Crippen molar-refractivity contribution in [3.63, 3.8) is 0 Å². The molecule has 0 aliphatic rings. The van der Waals surface area contributed by atoms with E-state index in [1.54, 1.807) is 12.1 Å². The van der Waals surface area contributed by atoms with Crippen molar-refractivity contribution >= 4 is 23.4 Å². The van der Waals surface area contributed by atoms with Crippen molar-refractivity contribution in [3.8, 4) is 5.69 Å². The highest BCUT2D eigenvalue weighted by Crippen LogP contribution is 2.25. The number of nitrogens with one attached hydrogen (secondary N) is 1. The van der Waals surface area contributed by atoms with Crippen LogP contribution in [0.5, 0.6) is 0 Å². The predicted molar refractivity (Wildman–Crippen MR) is 106 cm³/mol. The first kappa shape index (κ1) is 19.1. The molecule has 3 rings (SSSR count). The van der Waals surface area contributed by atoms with Crippen LogP contribution in [0.4, 0.5) is 10.1 Å². The van der Waals surface area contributed by atoms with Crippen molar-refractivity contribution < 1.29 is 9.18 Å². The number of nitrogens with zero attached hydrogens (tertiary/aromatic N) is 3. The average Bonchev–Trinajstić information content (AvgIpc) is 2.99. The molecule has 0 saturated carbocycles. The summed E-state index contributed by atoms with van der Waals surface area (Å²) in [6, 6.07) is 10.8. The van der Waals surface area contributed by atoms with E-state index in [1.165, 1.54) is 17.8 Å². The van der Waals surface area contributed by atoms with E-state index in [0.29, 0.717) is 5.16 Å². The van der Waals surface area contributed by atoms with Gasteiger partial charge < -0.3 is 5.32 Å². The van der Waals surface area contributed by atoms with E-state index in [0.717, 1.165) is 28.2 Å². The molecule has 1 amide bonds. The standard InChI is InChI=1S/C20H21FN4OS/c1-12-6-8-16(21)17(9-12)22-19(26)11-27-20-24-23-15(4)25(20)18-10-13(2)5-7-14(18)3/h5-10H,11H2,1-4H3,(H,22,26). The second kappa shape index (κ2) is 7.92. The maximum atomic E-state index is 13.8. The van der Waals surface area contributed by atoms with Gasteiger partial charge in [0.05, 0.1) is 17.1 Å². The van der Waals surface area contributed by atoms with Gasteiger partial charge in [0.1, 0.15) is 11.6 Å². The Hall–Kier alpha value is -2.67. The van der Waals surface area contributed by atoms with Crippen molar-refractivity contribution in [1.82, 2.24) is 14.8 Å². The topological polar surface area (TPSA) is 59.8 Å². The number of hydrogen-bond donors (Lipinski definition) is 1. The third kappa shape index (κ3) is 4.36. The lowest BCUT2D eigenvalue weighted by atomic mass is 10.1. The molecule has 0 bridgehead atoms. The molecule has 2 aromatic carbocycles. The van der Waals surface area contributed by atoms with Crippen molar-refractivity contribution in [2.75, 3.05) is 11.1 Å². The Morgan fingerprint density at radius 1 is 1.07 bits per heavy atom. The summed E-state index contributed by atoms with van der Waals surface area (Å²) >= 11 is 1.27. The third-order valence-electron chi connectivity index (χ3n) is 4.13. The Bertz CT molecular complexity index is 1000. The minimum Gasteiger partial charge on any atom is -0.323 e. The smallest absolute Gasteiger partial charge is 0.234 e. The van der Waals surface area contributed by atoms with Crippen LogP contribution in [0.1, 0.15) is 22.5 Å². The van der Waals surface area contributed by atoms with Crippen molar-refractivity contribution in [2.24, 2.45) is 0 Å². The Labute approximate surface area is 162 Å². The van der Waals surface area contributed by atoms with Crippen LogP contribution in [-0.4, -0.2) is 26.4 Å². The number of amides is 1. The van der Waals surface area contributed by atoms with Gasteiger partial charge in [0.2, 0.25) is 5.91 Å². The number of benzene rings is 2. The van der Waals surface area contributed by atoms with Crippen molar-refractivity contribution in [2.45, 2.75) is 32.9 Å². The zero-order valence-corrected chi connectivity index (χ0v) is 16.5. The minimum atomic E-state index is -0.451. The molecule has 1 heterocycles. The summed E-state index contributed by atoms with van der Waals surface area (Å²) in [6.07, 6.45) is 0. The monoisotopic (exact) mass is 384 g/mol. The van der Waals surface area contributed by atoms with Crippen molar-refractivity contribution in [3.05, 3.63) is 64.7 Å². The predicted octanol–water partition coefficient (Wildman–Crippen LogP) is 4.37. The van der Waals surface area contributed by atoms with E-state index in [9.17, 15) is 9.18 Å². The Morgan fingerprint density at radius 3 is 2.56 bits per heavy atom. The fourth-order valence-electron chi connectivity index (χ4n) is 2.73. The van der Waals surface area contributed by atoms with Gasteiger partial charge in [0.25, 0.3) is 0 Å². The Balaban J connectivity index is 1.76. The molecule has 7 heteroatoms. The Morgan fingerprint density at radius 2 is 1.78 bits per heavy atom. The second-order valence-electron chi connectivity index (χ2n) is 6.48. The molecule has 0 radical (unpaired) electrons. The molecule has 0 atom stereocenters. The van der Waals surface area contributed by atoms with Crippen LogP contribution in [0.15, 0.2) is 41.6 Å². The fraction of sp³-hybridized carbons (Fsp3) is 0.250. The van der Waals surface area contributed by atoms with Crippen LogP contribution >= 0.6 is 11.8 Å². The minimum absolute atomic E-state index is 0.108. The summed E-state index contributed by atoms with van der Waals surface area (Å²) in [4.78, 5) is 12.3. The van der Waals surface area contributed by atoms with E-state index in [4.69, 9.17) is 0 Å². The van der Waals surface area contributed by atoms with Crippen LogP contribution in [0.3, 0.4) is 0 Å². The molecule has 0 saturated heterocycles. The summed E-state index contributed by atoms with van der Waals surface area (Å²) < 4.78 is 15.8. The lowest BCUT2D eigenvalue weighted by molar-refractivity contribution is -0.113. The van der Waals surface area contributed by atoms with Crippen LogP contribution in [0.25, 0.3) is 5.69 Å².